The smallest absolute Gasteiger partial charge is 0.274 e. The Morgan fingerprint density at radius 3 is 2.46 bits per heavy atom. The number of aryl methyl sites for hydroxylation is 1. The predicted molar refractivity (Wildman–Crippen MR) is 111 cm³/mol. The van der Waals surface area contributed by atoms with E-state index in [4.69, 9.17) is 28.9 Å². The first-order valence-corrected chi connectivity index (χ1v) is 10.1. The molecule has 124 valence electrons. The van der Waals surface area contributed by atoms with Crippen LogP contribution in [0.25, 0.3) is 16.7 Å². The van der Waals surface area contributed by atoms with Crippen LogP contribution in [0.5, 0.6) is 0 Å². The summed E-state index contributed by atoms with van der Waals surface area (Å²) in [5.74, 6) is 0. The van der Waals surface area contributed by atoms with Crippen LogP contribution in [0.2, 0.25) is 0 Å². The number of hydrogen-bond acceptors (Lipinski definition) is 3. The number of rotatable bonds is 4. The van der Waals surface area contributed by atoms with Gasteiger partial charge in [0.25, 0.3) is 4.84 Å². The first kappa shape index (κ1) is 18.0. The fraction of sp³-hybridized carbons (Fsp3) is 0.222. The molecule has 0 unspecified atom stereocenters. The molecule has 0 bridgehead atoms. The molecule has 0 atom stereocenters. The Bertz CT molecular complexity index is 1010. The minimum Gasteiger partial charge on any atom is -0.429 e. The topological polar surface area (TPSA) is 18.1 Å². The summed E-state index contributed by atoms with van der Waals surface area (Å²) >= 11 is 18.1. The third kappa shape index (κ3) is 3.57. The van der Waals surface area contributed by atoms with Crippen molar-refractivity contribution in [3.63, 3.8) is 0 Å². The summed E-state index contributed by atoms with van der Waals surface area (Å²) in [5.41, 5.74) is 2.91. The first-order chi connectivity index (χ1) is 11.5. The van der Waals surface area contributed by atoms with E-state index in [1.54, 1.807) is 4.57 Å². The second-order valence-electron chi connectivity index (χ2n) is 5.54. The van der Waals surface area contributed by atoms with Crippen molar-refractivity contribution >= 4 is 67.3 Å². The summed E-state index contributed by atoms with van der Waals surface area (Å²) in [7, 11) is 0. The van der Waals surface area contributed by atoms with Gasteiger partial charge in [-0.3, -0.25) is 4.57 Å². The normalized spacial score (nSPS) is 11.1. The van der Waals surface area contributed by atoms with E-state index in [1.807, 2.05) is 24.3 Å². The molecule has 0 spiro atoms. The molecular formula is C18H15Br2NOS2. The number of aromatic nitrogens is 1. The highest BCUT2D eigenvalue weighted by Gasteiger charge is 2.10. The van der Waals surface area contributed by atoms with E-state index in [0.717, 1.165) is 26.4 Å². The fourth-order valence-corrected chi connectivity index (χ4v) is 4.56. The van der Waals surface area contributed by atoms with Gasteiger partial charge in [-0.2, -0.15) is 0 Å². The summed E-state index contributed by atoms with van der Waals surface area (Å²) in [4.78, 5) is 0.344. The second kappa shape index (κ2) is 7.60. The SMILES string of the molecule is CCCCc1ccc(-n2c(=S)oc3c(Br)cc(Br)cc3c2=S)cc1. The molecule has 0 saturated carbocycles. The second-order valence-corrected chi connectivity index (χ2v) is 8.05. The van der Waals surface area contributed by atoms with Gasteiger partial charge in [0.15, 0.2) is 5.58 Å². The van der Waals surface area contributed by atoms with Crippen molar-refractivity contribution in [3.8, 4) is 5.69 Å². The minimum absolute atomic E-state index is 0.344. The molecule has 24 heavy (non-hydrogen) atoms. The fourth-order valence-electron chi connectivity index (χ4n) is 2.57. The van der Waals surface area contributed by atoms with Gasteiger partial charge >= 0.3 is 0 Å². The lowest BCUT2D eigenvalue weighted by atomic mass is 10.1. The van der Waals surface area contributed by atoms with Crippen molar-refractivity contribution < 1.29 is 4.42 Å². The standard InChI is InChI=1S/C18H15Br2NOS2/c1-2-3-4-11-5-7-13(8-6-11)21-17(23)14-9-12(19)10-15(20)16(14)22-18(21)24/h5-10H,2-4H2,1H3. The van der Waals surface area contributed by atoms with E-state index < -0.39 is 0 Å². The highest BCUT2D eigenvalue weighted by molar-refractivity contribution is 9.11. The van der Waals surface area contributed by atoms with Crippen LogP contribution >= 0.6 is 56.3 Å². The molecule has 2 nitrogen and oxygen atoms in total. The average Bonchev–Trinajstić information content (AvgIpc) is 2.55. The zero-order valence-corrected chi connectivity index (χ0v) is 17.8. The first-order valence-electron chi connectivity index (χ1n) is 7.65. The van der Waals surface area contributed by atoms with Crippen molar-refractivity contribution in [2.45, 2.75) is 26.2 Å². The molecule has 0 aliphatic heterocycles. The van der Waals surface area contributed by atoms with Gasteiger partial charge in [-0.25, -0.2) is 0 Å². The van der Waals surface area contributed by atoms with Gasteiger partial charge in [-0.15, -0.1) is 0 Å². The van der Waals surface area contributed by atoms with Crippen molar-refractivity contribution in [2.75, 3.05) is 0 Å². The van der Waals surface area contributed by atoms with Crippen LogP contribution in [0.4, 0.5) is 0 Å². The predicted octanol–water partition coefficient (Wildman–Crippen LogP) is 7.55. The van der Waals surface area contributed by atoms with Gasteiger partial charge in [-0.05, 0) is 70.8 Å². The summed E-state index contributed by atoms with van der Waals surface area (Å²) < 4.78 is 10.1. The van der Waals surface area contributed by atoms with Gasteiger partial charge in [0.2, 0.25) is 0 Å². The number of unbranched alkanes of at least 4 members (excludes halogenated alkanes) is 1. The molecule has 0 amide bonds. The Labute approximate surface area is 167 Å². The van der Waals surface area contributed by atoms with Crippen LogP contribution in [-0.2, 0) is 6.42 Å². The van der Waals surface area contributed by atoms with E-state index in [-0.39, 0.29) is 0 Å². The Morgan fingerprint density at radius 1 is 1.08 bits per heavy atom. The Morgan fingerprint density at radius 2 is 1.79 bits per heavy atom. The lowest BCUT2D eigenvalue weighted by Crippen LogP contribution is -2.00. The Hall–Kier alpha value is -0.820. The number of fused-ring (bicyclic) bond motifs is 1. The largest absolute Gasteiger partial charge is 0.429 e. The van der Waals surface area contributed by atoms with Gasteiger partial charge < -0.3 is 4.42 Å². The molecule has 2 aromatic carbocycles. The van der Waals surface area contributed by atoms with E-state index >= 15 is 0 Å². The number of hydrogen-bond donors (Lipinski definition) is 0. The number of nitrogens with zero attached hydrogens (tertiary/aromatic N) is 1. The van der Waals surface area contributed by atoms with Crippen molar-refractivity contribution in [1.82, 2.24) is 4.57 Å². The van der Waals surface area contributed by atoms with Crippen LogP contribution in [0.3, 0.4) is 0 Å². The van der Waals surface area contributed by atoms with E-state index in [9.17, 15) is 0 Å². The lowest BCUT2D eigenvalue weighted by molar-refractivity contribution is 0.535. The van der Waals surface area contributed by atoms with Crippen LogP contribution in [0.1, 0.15) is 25.3 Å². The van der Waals surface area contributed by atoms with Crippen LogP contribution in [0.15, 0.2) is 49.8 Å². The maximum Gasteiger partial charge on any atom is 0.274 e. The zero-order chi connectivity index (χ0) is 17.3. The van der Waals surface area contributed by atoms with E-state index in [2.05, 4.69) is 50.9 Å². The van der Waals surface area contributed by atoms with Gasteiger partial charge in [-0.1, -0.05) is 53.6 Å². The highest BCUT2D eigenvalue weighted by Crippen LogP contribution is 2.30. The lowest BCUT2D eigenvalue weighted by Gasteiger charge is -2.11. The molecule has 0 radical (unpaired) electrons. The maximum absolute atomic E-state index is 5.85. The van der Waals surface area contributed by atoms with E-state index in [0.29, 0.717) is 15.1 Å². The molecule has 0 N–H and O–H groups in total. The van der Waals surface area contributed by atoms with Crippen molar-refractivity contribution in [1.29, 1.82) is 0 Å². The molecule has 1 heterocycles. The molecule has 0 aliphatic rings. The average molecular weight is 485 g/mol. The Balaban J connectivity index is 2.16. The summed E-state index contributed by atoms with van der Waals surface area (Å²) in [6.07, 6.45) is 3.47. The third-order valence-corrected chi connectivity index (χ3v) is 5.54. The molecule has 0 aliphatic carbocycles. The number of halogens is 2. The van der Waals surface area contributed by atoms with E-state index in [1.165, 1.54) is 18.4 Å². The Kier molecular flexibility index (Phi) is 5.70. The van der Waals surface area contributed by atoms with Gasteiger partial charge in [0.05, 0.1) is 15.5 Å². The maximum atomic E-state index is 5.85. The van der Waals surface area contributed by atoms with Crippen molar-refractivity contribution in [2.24, 2.45) is 0 Å². The summed E-state index contributed by atoms with van der Waals surface area (Å²) in [5, 5.41) is 0.843. The number of benzene rings is 2. The molecule has 6 heteroatoms. The highest BCUT2D eigenvalue weighted by atomic mass is 79.9. The monoisotopic (exact) mass is 483 g/mol. The third-order valence-electron chi connectivity index (χ3n) is 3.83. The summed E-state index contributed by atoms with van der Waals surface area (Å²) in [6, 6.07) is 12.2. The van der Waals surface area contributed by atoms with Gasteiger partial charge in [0.1, 0.15) is 4.64 Å². The molecule has 3 rings (SSSR count). The van der Waals surface area contributed by atoms with Crippen molar-refractivity contribution in [3.05, 3.63) is 60.4 Å². The van der Waals surface area contributed by atoms with Crippen LogP contribution < -0.4 is 0 Å². The summed E-state index contributed by atoms with van der Waals surface area (Å²) in [6.45, 7) is 2.20. The molecule has 3 aromatic rings. The molecule has 0 fully saturated rings. The minimum atomic E-state index is 0.344. The zero-order valence-electron chi connectivity index (χ0n) is 13.0. The van der Waals surface area contributed by atoms with Crippen LogP contribution in [-0.4, -0.2) is 4.57 Å². The molecule has 1 aromatic heterocycles. The molecule has 0 saturated heterocycles. The molecular weight excluding hydrogens is 470 g/mol. The quantitative estimate of drug-likeness (QED) is 0.356. The van der Waals surface area contributed by atoms with Gasteiger partial charge in [0, 0.05) is 4.47 Å². The van der Waals surface area contributed by atoms with Crippen LogP contribution in [0, 0.1) is 9.48 Å².